The zero-order valence-electron chi connectivity index (χ0n) is 34.7. The van der Waals surface area contributed by atoms with Crippen LogP contribution in [0.1, 0.15) is 91.4 Å². The molecule has 0 aliphatic carbocycles. The topological polar surface area (TPSA) is 184 Å². The van der Waals surface area contributed by atoms with E-state index in [-0.39, 0.29) is 29.9 Å². The maximum absolute atomic E-state index is 14.1. The van der Waals surface area contributed by atoms with Gasteiger partial charge in [-0.15, -0.1) is 0 Å². The first-order chi connectivity index (χ1) is 30.4. The number of aliphatic imine (C=N–C) groups is 2. The predicted molar refractivity (Wildman–Crippen MR) is 233 cm³/mol. The number of nitrogens with zero attached hydrogens (tertiary/aromatic N) is 3. The second-order valence-electron chi connectivity index (χ2n) is 15.8. The summed E-state index contributed by atoms with van der Waals surface area (Å²) in [4.78, 5) is 61.7. The normalized spacial score (nSPS) is 19.6. The Labute approximate surface area is 360 Å². The Bertz CT molecular complexity index is 2310. The van der Waals surface area contributed by atoms with E-state index in [4.69, 9.17) is 24.2 Å². The lowest BCUT2D eigenvalue weighted by Crippen LogP contribution is -2.54. The first kappa shape index (κ1) is 41.8. The van der Waals surface area contributed by atoms with E-state index in [1.807, 2.05) is 102 Å². The Morgan fingerprint density at radius 3 is 2.10 bits per heavy atom. The molecular weight excluding hydrogens is 789 g/mol. The van der Waals surface area contributed by atoms with Crippen LogP contribution in [0, 0.1) is 0 Å². The van der Waals surface area contributed by atoms with Crippen LogP contribution in [0.25, 0.3) is 0 Å². The Hall–Kier alpha value is -6.90. The van der Waals surface area contributed by atoms with E-state index in [1.54, 1.807) is 0 Å². The van der Waals surface area contributed by atoms with E-state index in [2.05, 4.69) is 26.6 Å². The van der Waals surface area contributed by atoms with Crippen LogP contribution in [0.15, 0.2) is 107 Å². The number of benzene rings is 4. The molecule has 2 unspecified atom stereocenters. The van der Waals surface area contributed by atoms with Crippen LogP contribution in [0.3, 0.4) is 0 Å². The molecule has 0 aromatic heterocycles. The molecule has 1 fully saturated rings. The van der Waals surface area contributed by atoms with E-state index in [0.717, 1.165) is 73.3 Å². The molecule has 4 aliphatic heterocycles. The number of unbranched alkanes of at least 4 members (excludes halogenated alkanes) is 2. The third kappa shape index (κ3) is 9.67. The molecule has 15 nitrogen and oxygen atoms in total. The van der Waals surface area contributed by atoms with Gasteiger partial charge >= 0.3 is 6.09 Å². The third-order valence-corrected chi connectivity index (χ3v) is 11.7. The largest absolute Gasteiger partial charge is 0.453 e. The zero-order chi connectivity index (χ0) is 42.8. The van der Waals surface area contributed by atoms with Gasteiger partial charge in [-0.2, -0.15) is 0 Å². The van der Waals surface area contributed by atoms with Gasteiger partial charge in [-0.1, -0.05) is 79.2 Å². The summed E-state index contributed by atoms with van der Waals surface area (Å²) in [5.41, 5.74) is 3.46. The molecule has 8 rings (SSSR count). The van der Waals surface area contributed by atoms with Crippen molar-refractivity contribution in [2.24, 2.45) is 9.98 Å². The van der Waals surface area contributed by atoms with Crippen molar-refractivity contribution in [3.63, 3.8) is 0 Å². The molecule has 4 aromatic rings. The quantitative estimate of drug-likeness (QED) is 0.0561. The lowest BCUT2D eigenvalue weighted by Gasteiger charge is -2.38. The predicted octanol–water partition coefficient (Wildman–Crippen LogP) is 6.31. The number of methoxy groups -OCH3 is 1. The van der Waals surface area contributed by atoms with Crippen LogP contribution in [0.5, 0.6) is 23.0 Å². The Balaban J connectivity index is 0.811. The molecule has 15 heteroatoms. The second kappa shape index (κ2) is 19.7. The molecule has 0 bridgehead atoms. The average Bonchev–Trinajstić information content (AvgIpc) is 4.01. The van der Waals surface area contributed by atoms with Crippen molar-refractivity contribution in [1.29, 1.82) is 0 Å². The minimum atomic E-state index is -0.885. The summed E-state index contributed by atoms with van der Waals surface area (Å²) in [6.45, 7) is 2.21. The summed E-state index contributed by atoms with van der Waals surface area (Å²) in [6.07, 6.45) is 5.95. The van der Waals surface area contributed by atoms with Gasteiger partial charge in [0.2, 0.25) is 12.3 Å². The Morgan fingerprint density at radius 2 is 1.44 bits per heavy atom. The van der Waals surface area contributed by atoms with Crippen molar-refractivity contribution in [1.82, 2.24) is 31.5 Å². The van der Waals surface area contributed by atoms with Crippen molar-refractivity contribution >= 4 is 36.0 Å². The lowest BCUT2D eigenvalue weighted by atomic mass is 9.97. The highest BCUT2D eigenvalue weighted by Crippen LogP contribution is 2.47. The van der Waals surface area contributed by atoms with Crippen LogP contribution in [-0.2, 0) is 19.1 Å². The van der Waals surface area contributed by atoms with E-state index in [9.17, 15) is 19.2 Å². The number of carbonyl (C=O) groups is 4. The molecule has 62 heavy (non-hydrogen) atoms. The molecule has 4 amide bonds. The minimum absolute atomic E-state index is 0.0218. The fourth-order valence-corrected chi connectivity index (χ4v) is 8.43. The minimum Gasteiger partial charge on any atom is -0.453 e. The van der Waals surface area contributed by atoms with Gasteiger partial charge in [-0.3, -0.25) is 24.4 Å². The van der Waals surface area contributed by atoms with Crippen LogP contribution >= 0.6 is 0 Å². The number of hydrogen-bond donors (Lipinski definition) is 5. The molecule has 5 atom stereocenters. The van der Waals surface area contributed by atoms with Gasteiger partial charge in [0.25, 0.3) is 5.91 Å². The summed E-state index contributed by atoms with van der Waals surface area (Å²) >= 11 is 0. The first-order valence-corrected chi connectivity index (χ1v) is 21.3. The smallest absolute Gasteiger partial charge is 0.407 e. The maximum Gasteiger partial charge on any atom is 0.407 e. The molecule has 0 spiro atoms. The van der Waals surface area contributed by atoms with E-state index >= 15 is 0 Å². The summed E-state index contributed by atoms with van der Waals surface area (Å²) in [5, 5.41) is 15.5. The molecule has 1 saturated heterocycles. The van der Waals surface area contributed by atoms with Crippen molar-refractivity contribution in [2.75, 3.05) is 33.3 Å². The molecule has 0 radical (unpaired) electrons. The molecule has 5 N–H and O–H groups in total. The fourth-order valence-electron chi connectivity index (χ4n) is 8.43. The SMILES string of the molecule is COC(=O)N[C@@H](C(=O)N1CCCC[C@H]1C1=NCC(c2ccc3c(c2)Oc2ccc(C4CN=C(CCCCCNC(=O)[C@H](NC=O)c5ccccc5)N4)cc2O3)N1)c1ccccc1. The number of fused-ring (bicyclic) bond motifs is 2. The van der Waals surface area contributed by atoms with E-state index in [0.29, 0.717) is 61.2 Å². The highest BCUT2D eigenvalue weighted by atomic mass is 16.6. The molecule has 4 aromatic carbocycles. The molecule has 4 aliphatic rings. The van der Waals surface area contributed by atoms with Crippen LogP contribution in [-0.4, -0.2) is 80.2 Å². The highest BCUT2D eigenvalue weighted by Gasteiger charge is 2.38. The fraction of sp³-hybridized carbons (Fsp3) is 0.362. The number of likely N-dealkylation sites (tertiary alicyclic amines) is 1. The maximum atomic E-state index is 14.1. The van der Waals surface area contributed by atoms with Gasteiger partial charge in [-0.05, 0) is 78.6 Å². The summed E-state index contributed by atoms with van der Waals surface area (Å²) in [7, 11) is 1.29. The molecule has 0 saturated carbocycles. The van der Waals surface area contributed by atoms with Crippen LogP contribution in [0.2, 0.25) is 0 Å². The number of amides is 4. The third-order valence-electron chi connectivity index (χ3n) is 11.7. The number of alkyl carbamates (subject to hydrolysis) is 1. The number of hydrogen-bond acceptors (Lipinski definition) is 11. The number of piperidine rings is 1. The second-order valence-corrected chi connectivity index (χ2v) is 15.8. The summed E-state index contributed by atoms with van der Waals surface area (Å²) in [5.74, 6) is 3.80. The van der Waals surface area contributed by atoms with Gasteiger partial charge < -0.3 is 45.7 Å². The van der Waals surface area contributed by atoms with Gasteiger partial charge in [0.1, 0.15) is 17.9 Å². The standard InChI is InChI=1S/C47H52N8O7/c1-60-47(59)54-43(31-15-7-3-8-16-31)46(58)55-24-12-10-17-36(55)44-50-28-35(53-44)33-20-22-38-40(26-33)62-37-21-19-32(25-39(37)61-38)34-27-49-41(52-34)18-9-4-11-23-48-45(57)42(51-29-56)30-13-5-2-6-14-30/h2-3,5-8,13-16,19-22,25-26,29,34-36,42-43H,4,9-12,17-18,23-24,27-28H2,1H3,(H,48,57)(H,49,52)(H,50,53)(H,51,56)(H,54,59)/t34?,35?,36-,42+,43+/m0/s1. The summed E-state index contributed by atoms with van der Waals surface area (Å²) in [6, 6.07) is 28.4. The molecular formula is C47H52N8O7. The molecule has 322 valence electrons. The van der Waals surface area contributed by atoms with Crippen LogP contribution < -0.4 is 36.1 Å². The number of ether oxygens (including phenoxy) is 3. The van der Waals surface area contributed by atoms with Crippen molar-refractivity contribution in [3.05, 3.63) is 119 Å². The Morgan fingerprint density at radius 1 is 0.790 bits per heavy atom. The van der Waals surface area contributed by atoms with Gasteiger partial charge in [0, 0.05) is 19.5 Å². The number of carbonyl (C=O) groups excluding carboxylic acids is 4. The number of nitrogens with one attached hydrogen (secondary N) is 5. The van der Waals surface area contributed by atoms with Crippen molar-refractivity contribution < 1.29 is 33.4 Å². The molecule has 4 heterocycles. The van der Waals surface area contributed by atoms with Gasteiger partial charge in [0.05, 0.1) is 44.2 Å². The van der Waals surface area contributed by atoms with E-state index in [1.165, 1.54) is 7.11 Å². The summed E-state index contributed by atoms with van der Waals surface area (Å²) < 4.78 is 17.6. The Kier molecular flexibility index (Phi) is 13.3. The number of rotatable bonds is 16. The average molecular weight is 841 g/mol. The lowest BCUT2D eigenvalue weighted by molar-refractivity contribution is -0.135. The zero-order valence-corrected chi connectivity index (χ0v) is 34.7. The monoisotopic (exact) mass is 840 g/mol. The van der Waals surface area contributed by atoms with E-state index < -0.39 is 18.2 Å². The van der Waals surface area contributed by atoms with Crippen molar-refractivity contribution in [2.45, 2.75) is 75.2 Å². The number of amidine groups is 2. The first-order valence-electron chi connectivity index (χ1n) is 21.3. The highest BCUT2D eigenvalue weighted by molar-refractivity contribution is 5.95. The van der Waals surface area contributed by atoms with Crippen molar-refractivity contribution in [3.8, 4) is 23.0 Å². The van der Waals surface area contributed by atoms with Gasteiger partial charge in [-0.25, -0.2) is 4.79 Å². The van der Waals surface area contributed by atoms with Crippen LogP contribution in [0.4, 0.5) is 4.79 Å². The van der Waals surface area contributed by atoms with Gasteiger partial charge in [0.15, 0.2) is 23.0 Å².